The van der Waals surface area contributed by atoms with Gasteiger partial charge >= 0.3 is 0 Å². The van der Waals surface area contributed by atoms with E-state index < -0.39 is 0 Å². The summed E-state index contributed by atoms with van der Waals surface area (Å²) >= 11 is 0. The molecule has 32 heavy (non-hydrogen) atoms. The number of amides is 1. The molecule has 0 radical (unpaired) electrons. The number of hydrogen-bond acceptors (Lipinski definition) is 4. The standard InChI is InChI=1S/C23H29N7O.HI/c1-4-25-23(26-13-18-8-10-21(11-9-18)22(31)29(2)3)27-14-19-6-5-7-20(12-19)15-30-17-24-16-28-30;/h5-12,16-17H,4,13-15H2,1-3H3,(H2,25,26,27);1H. The van der Waals surface area contributed by atoms with Crippen molar-refractivity contribution in [3.8, 4) is 0 Å². The number of hydrogen-bond donors (Lipinski definition) is 2. The van der Waals surface area contributed by atoms with E-state index in [1.54, 1.807) is 30.0 Å². The number of halogens is 1. The Kier molecular flexibility index (Phi) is 10.1. The van der Waals surface area contributed by atoms with Crippen LogP contribution in [0, 0.1) is 0 Å². The second-order valence-corrected chi connectivity index (χ2v) is 7.36. The molecule has 3 rings (SSSR count). The average molecular weight is 547 g/mol. The van der Waals surface area contributed by atoms with Crippen LogP contribution >= 0.6 is 24.0 Å². The summed E-state index contributed by atoms with van der Waals surface area (Å²) in [6.07, 6.45) is 3.25. The Balaban J connectivity index is 0.00000363. The van der Waals surface area contributed by atoms with Gasteiger partial charge in [-0.3, -0.25) is 4.79 Å². The third-order valence-corrected chi connectivity index (χ3v) is 4.63. The maximum absolute atomic E-state index is 12.0. The van der Waals surface area contributed by atoms with Gasteiger partial charge in [-0.2, -0.15) is 5.10 Å². The third kappa shape index (κ3) is 7.63. The maximum atomic E-state index is 12.0. The van der Waals surface area contributed by atoms with Gasteiger partial charge in [0.1, 0.15) is 12.7 Å². The lowest BCUT2D eigenvalue weighted by Gasteiger charge is -2.13. The van der Waals surface area contributed by atoms with Gasteiger partial charge in [-0.25, -0.2) is 14.7 Å². The van der Waals surface area contributed by atoms with E-state index in [0.29, 0.717) is 25.2 Å². The van der Waals surface area contributed by atoms with E-state index in [0.717, 1.165) is 29.2 Å². The zero-order chi connectivity index (χ0) is 22.1. The fourth-order valence-electron chi connectivity index (χ4n) is 3.05. The van der Waals surface area contributed by atoms with Gasteiger partial charge in [-0.15, -0.1) is 24.0 Å². The van der Waals surface area contributed by atoms with Crippen LogP contribution in [0.3, 0.4) is 0 Å². The first-order valence-corrected chi connectivity index (χ1v) is 10.3. The number of aliphatic imine (C=N–C) groups is 1. The Morgan fingerprint density at radius 2 is 1.81 bits per heavy atom. The summed E-state index contributed by atoms with van der Waals surface area (Å²) in [5.41, 5.74) is 4.04. The van der Waals surface area contributed by atoms with E-state index >= 15 is 0 Å². The zero-order valence-electron chi connectivity index (χ0n) is 18.7. The van der Waals surface area contributed by atoms with E-state index in [1.165, 1.54) is 6.33 Å². The Morgan fingerprint density at radius 1 is 1.06 bits per heavy atom. The predicted octanol–water partition coefficient (Wildman–Crippen LogP) is 2.90. The summed E-state index contributed by atoms with van der Waals surface area (Å²) in [7, 11) is 3.50. The molecule has 0 aliphatic rings. The van der Waals surface area contributed by atoms with Gasteiger partial charge < -0.3 is 15.5 Å². The Morgan fingerprint density at radius 3 is 2.47 bits per heavy atom. The largest absolute Gasteiger partial charge is 0.357 e. The lowest BCUT2D eigenvalue weighted by Crippen LogP contribution is -2.36. The van der Waals surface area contributed by atoms with Crippen molar-refractivity contribution in [1.29, 1.82) is 0 Å². The number of nitrogens with one attached hydrogen (secondary N) is 2. The van der Waals surface area contributed by atoms with Crippen LogP contribution in [0.5, 0.6) is 0 Å². The van der Waals surface area contributed by atoms with Crippen molar-refractivity contribution in [2.45, 2.75) is 26.6 Å². The highest BCUT2D eigenvalue weighted by Crippen LogP contribution is 2.09. The van der Waals surface area contributed by atoms with E-state index in [9.17, 15) is 4.79 Å². The quantitative estimate of drug-likeness (QED) is 0.257. The van der Waals surface area contributed by atoms with Gasteiger partial charge in [0.2, 0.25) is 0 Å². The molecule has 1 aromatic heterocycles. The van der Waals surface area contributed by atoms with Gasteiger partial charge in [0, 0.05) is 32.7 Å². The third-order valence-electron chi connectivity index (χ3n) is 4.63. The minimum absolute atomic E-state index is 0. The zero-order valence-corrected chi connectivity index (χ0v) is 21.0. The highest BCUT2D eigenvalue weighted by Gasteiger charge is 2.07. The minimum Gasteiger partial charge on any atom is -0.357 e. The molecule has 0 saturated heterocycles. The summed E-state index contributed by atoms with van der Waals surface area (Å²) in [6.45, 7) is 4.68. The van der Waals surface area contributed by atoms with Crippen molar-refractivity contribution < 1.29 is 4.79 Å². The van der Waals surface area contributed by atoms with Crippen LogP contribution in [0.1, 0.15) is 34.0 Å². The molecule has 0 spiro atoms. The Bertz CT molecular complexity index is 1000. The van der Waals surface area contributed by atoms with Crippen LogP contribution in [-0.2, 0) is 19.6 Å². The molecule has 0 saturated carbocycles. The molecule has 0 unspecified atom stereocenters. The fraction of sp³-hybridized carbons (Fsp3) is 0.304. The number of nitrogens with zero attached hydrogens (tertiary/aromatic N) is 5. The smallest absolute Gasteiger partial charge is 0.253 e. The summed E-state index contributed by atoms with van der Waals surface area (Å²) in [5, 5.41) is 10.8. The van der Waals surface area contributed by atoms with Crippen molar-refractivity contribution in [3.63, 3.8) is 0 Å². The molecule has 0 aliphatic carbocycles. The number of rotatable bonds is 8. The molecule has 2 aromatic carbocycles. The van der Waals surface area contributed by atoms with Gasteiger partial charge in [0.15, 0.2) is 5.96 Å². The minimum atomic E-state index is 0. The average Bonchev–Trinajstić information content (AvgIpc) is 3.29. The van der Waals surface area contributed by atoms with Gasteiger partial charge in [-0.05, 0) is 35.7 Å². The van der Waals surface area contributed by atoms with Gasteiger partial charge in [0.25, 0.3) is 5.91 Å². The maximum Gasteiger partial charge on any atom is 0.253 e. The van der Waals surface area contributed by atoms with E-state index in [1.807, 2.05) is 37.3 Å². The first-order chi connectivity index (χ1) is 15.0. The summed E-state index contributed by atoms with van der Waals surface area (Å²) in [6, 6.07) is 15.9. The lowest BCUT2D eigenvalue weighted by atomic mass is 10.1. The first-order valence-electron chi connectivity index (χ1n) is 10.3. The monoisotopic (exact) mass is 547 g/mol. The molecule has 8 nitrogen and oxygen atoms in total. The Hall–Kier alpha value is -2.95. The van der Waals surface area contributed by atoms with E-state index in [2.05, 4.69) is 38.9 Å². The fourth-order valence-corrected chi connectivity index (χ4v) is 3.05. The first kappa shape index (κ1) is 25.3. The van der Waals surface area contributed by atoms with E-state index in [-0.39, 0.29) is 29.9 Å². The van der Waals surface area contributed by atoms with Crippen LogP contribution in [0.2, 0.25) is 0 Å². The molecular weight excluding hydrogens is 517 g/mol. The van der Waals surface area contributed by atoms with Gasteiger partial charge in [0.05, 0.1) is 13.1 Å². The molecule has 9 heteroatoms. The molecule has 2 N–H and O–H groups in total. The highest BCUT2D eigenvalue weighted by atomic mass is 127. The molecule has 1 amide bonds. The van der Waals surface area contributed by atoms with Crippen LogP contribution in [0.4, 0.5) is 0 Å². The van der Waals surface area contributed by atoms with Crippen LogP contribution in [-0.4, -0.2) is 52.2 Å². The number of carbonyl (C=O) groups is 1. The van der Waals surface area contributed by atoms with Crippen molar-refractivity contribution in [2.75, 3.05) is 20.6 Å². The topological polar surface area (TPSA) is 87.4 Å². The predicted molar refractivity (Wildman–Crippen MR) is 137 cm³/mol. The van der Waals surface area contributed by atoms with Crippen molar-refractivity contribution in [3.05, 3.63) is 83.4 Å². The highest BCUT2D eigenvalue weighted by molar-refractivity contribution is 14.0. The molecule has 3 aromatic rings. The molecule has 1 heterocycles. The van der Waals surface area contributed by atoms with Crippen molar-refractivity contribution in [1.82, 2.24) is 30.3 Å². The van der Waals surface area contributed by atoms with Crippen molar-refractivity contribution in [2.24, 2.45) is 4.99 Å². The molecule has 0 atom stereocenters. The second kappa shape index (κ2) is 12.8. The molecular formula is C23H30IN7O. The summed E-state index contributed by atoms with van der Waals surface area (Å²) < 4.78 is 1.80. The number of guanidine groups is 1. The second-order valence-electron chi connectivity index (χ2n) is 7.36. The Labute approximate surface area is 206 Å². The normalized spacial score (nSPS) is 10.9. The van der Waals surface area contributed by atoms with E-state index in [4.69, 9.17) is 4.99 Å². The van der Waals surface area contributed by atoms with Gasteiger partial charge in [-0.1, -0.05) is 36.4 Å². The SMILES string of the molecule is CCNC(=NCc1cccc(Cn2cncn2)c1)NCc1ccc(C(=O)N(C)C)cc1.I. The molecule has 0 bridgehead atoms. The van der Waals surface area contributed by atoms with Crippen LogP contribution in [0.15, 0.2) is 66.2 Å². The summed E-state index contributed by atoms with van der Waals surface area (Å²) in [5.74, 6) is 0.748. The number of aromatic nitrogens is 3. The number of benzene rings is 2. The van der Waals surface area contributed by atoms with Crippen molar-refractivity contribution >= 4 is 35.8 Å². The van der Waals surface area contributed by atoms with Crippen LogP contribution in [0.25, 0.3) is 0 Å². The molecule has 0 fully saturated rings. The molecule has 170 valence electrons. The number of carbonyl (C=O) groups excluding carboxylic acids is 1. The lowest BCUT2D eigenvalue weighted by molar-refractivity contribution is 0.0827. The van der Waals surface area contributed by atoms with Crippen LogP contribution < -0.4 is 10.6 Å². The molecule has 0 aliphatic heterocycles. The summed E-state index contributed by atoms with van der Waals surface area (Å²) in [4.78, 5) is 22.3.